The fourth-order valence-corrected chi connectivity index (χ4v) is 1.92. The Morgan fingerprint density at radius 3 is 2.70 bits per heavy atom. The molecule has 1 aromatic rings. The zero-order chi connectivity index (χ0) is 15.1. The van der Waals surface area contributed by atoms with E-state index in [-0.39, 0.29) is 30.7 Å². The highest BCUT2D eigenvalue weighted by Crippen LogP contribution is 2.12. The van der Waals surface area contributed by atoms with Crippen molar-refractivity contribution >= 4 is 11.9 Å². The molecule has 0 fully saturated rings. The molecular weight excluding hydrogens is 260 g/mol. The molecule has 0 aliphatic carbocycles. The number of amides is 1. The van der Waals surface area contributed by atoms with Gasteiger partial charge in [-0.05, 0) is 12.8 Å². The summed E-state index contributed by atoms with van der Waals surface area (Å²) in [7, 11) is 0. The Bertz CT molecular complexity index is 456. The fraction of sp³-hybridized carbons (Fsp3) is 0.643. The van der Waals surface area contributed by atoms with Crippen molar-refractivity contribution in [2.24, 2.45) is 5.92 Å². The maximum Gasteiger partial charge on any atom is 0.305 e. The Kier molecular flexibility index (Phi) is 6.21. The first-order valence-electron chi connectivity index (χ1n) is 6.85. The SMILES string of the molecule is CC[C@H](C)[C@@H](CC(=O)O)NC(=O)CCc1cc(C)on1. The van der Waals surface area contributed by atoms with Gasteiger partial charge in [-0.1, -0.05) is 25.4 Å². The minimum atomic E-state index is -0.900. The van der Waals surface area contributed by atoms with Gasteiger partial charge in [-0.15, -0.1) is 0 Å². The van der Waals surface area contributed by atoms with Crippen LogP contribution < -0.4 is 5.32 Å². The number of aryl methyl sites for hydroxylation is 2. The first-order valence-corrected chi connectivity index (χ1v) is 6.85. The van der Waals surface area contributed by atoms with Gasteiger partial charge in [-0.3, -0.25) is 9.59 Å². The molecule has 0 saturated heterocycles. The van der Waals surface area contributed by atoms with Crippen LogP contribution in [-0.4, -0.2) is 28.2 Å². The van der Waals surface area contributed by atoms with Crippen LogP contribution >= 0.6 is 0 Å². The fourth-order valence-electron chi connectivity index (χ4n) is 1.92. The van der Waals surface area contributed by atoms with Crippen molar-refractivity contribution in [1.29, 1.82) is 0 Å². The number of aliphatic carboxylic acids is 1. The van der Waals surface area contributed by atoms with E-state index in [0.717, 1.165) is 12.1 Å². The van der Waals surface area contributed by atoms with E-state index >= 15 is 0 Å². The number of nitrogens with zero attached hydrogens (tertiary/aromatic N) is 1. The second-order valence-corrected chi connectivity index (χ2v) is 5.09. The summed E-state index contributed by atoms with van der Waals surface area (Å²) in [5.74, 6) is -0.215. The molecule has 1 aromatic heterocycles. The lowest BCUT2D eigenvalue weighted by molar-refractivity contribution is -0.138. The molecule has 0 aliphatic heterocycles. The van der Waals surface area contributed by atoms with E-state index in [0.29, 0.717) is 12.2 Å². The van der Waals surface area contributed by atoms with Crippen molar-refractivity contribution in [3.05, 3.63) is 17.5 Å². The maximum atomic E-state index is 11.9. The summed E-state index contributed by atoms with van der Waals surface area (Å²) in [6, 6.07) is 1.46. The van der Waals surface area contributed by atoms with Gasteiger partial charge in [-0.25, -0.2) is 0 Å². The van der Waals surface area contributed by atoms with Crippen molar-refractivity contribution < 1.29 is 19.2 Å². The van der Waals surface area contributed by atoms with Crippen LogP contribution in [-0.2, 0) is 16.0 Å². The quantitative estimate of drug-likeness (QED) is 0.760. The highest BCUT2D eigenvalue weighted by Gasteiger charge is 2.21. The minimum Gasteiger partial charge on any atom is -0.481 e. The van der Waals surface area contributed by atoms with E-state index in [1.807, 2.05) is 13.8 Å². The van der Waals surface area contributed by atoms with Crippen molar-refractivity contribution in [2.45, 2.75) is 52.5 Å². The summed E-state index contributed by atoms with van der Waals surface area (Å²) >= 11 is 0. The van der Waals surface area contributed by atoms with Gasteiger partial charge in [0.1, 0.15) is 5.76 Å². The van der Waals surface area contributed by atoms with E-state index in [4.69, 9.17) is 9.63 Å². The second kappa shape index (κ2) is 7.67. The Morgan fingerprint density at radius 2 is 2.20 bits per heavy atom. The van der Waals surface area contributed by atoms with Crippen LogP contribution in [0.3, 0.4) is 0 Å². The normalized spacial score (nSPS) is 13.8. The van der Waals surface area contributed by atoms with Crippen LogP contribution in [0.4, 0.5) is 0 Å². The molecule has 0 aromatic carbocycles. The summed E-state index contributed by atoms with van der Waals surface area (Å²) in [4.78, 5) is 22.7. The standard InChI is InChI=1S/C14H22N2O4/c1-4-9(2)12(8-14(18)19)15-13(17)6-5-11-7-10(3)20-16-11/h7,9,12H,4-6,8H2,1-3H3,(H,15,17)(H,18,19)/t9-,12+/m0/s1. The number of hydrogen-bond acceptors (Lipinski definition) is 4. The summed E-state index contributed by atoms with van der Waals surface area (Å²) < 4.78 is 4.93. The molecule has 1 amide bonds. The number of aromatic nitrogens is 1. The number of carbonyl (C=O) groups excluding carboxylic acids is 1. The highest BCUT2D eigenvalue weighted by atomic mass is 16.5. The number of rotatable bonds is 8. The Hall–Kier alpha value is -1.85. The molecule has 2 atom stereocenters. The van der Waals surface area contributed by atoms with Crippen LogP contribution in [0, 0.1) is 12.8 Å². The molecule has 0 bridgehead atoms. The number of nitrogens with one attached hydrogen (secondary N) is 1. The second-order valence-electron chi connectivity index (χ2n) is 5.09. The van der Waals surface area contributed by atoms with Crippen molar-refractivity contribution in [3.63, 3.8) is 0 Å². The minimum absolute atomic E-state index is 0.0518. The Balaban J connectivity index is 2.46. The third kappa shape index (κ3) is 5.42. The summed E-state index contributed by atoms with van der Waals surface area (Å²) in [5, 5.41) is 15.5. The molecule has 0 aliphatic rings. The number of carboxylic acid groups (broad SMARTS) is 1. The topological polar surface area (TPSA) is 92.4 Å². The highest BCUT2D eigenvalue weighted by molar-refractivity contribution is 5.77. The van der Waals surface area contributed by atoms with Crippen molar-refractivity contribution in [2.75, 3.05) is 0 Å². The molecule has 0 saturated carbocycles. The number of carbonyl (C=O) groups is 2. The van der Waals surface area contributed by atoms with Crippen molar-refractivity contribution in [1.82, 2.24) is 10.5 Å². The third-order valence-electron chi connectivity index (χ3n) is 3.36. The first kappa shape index (κ1) is 16.2. The zero-order valence-corrected chi connectivity index (χ0v) is 12.2. The van der Waals surface area contributed by atoms with Gasteiger partial charge in [0, 0.05) is 24.9 Å². The predicted octanol–water partition coefficient (Wildman–Crippen LogP) is 1.92. The summed E-state index contributed by atoms with van der Waals surface area (Å²) in [6.45, 7) is 5.71. The van der Waals surface area contributed by atoms with Gasteiger partial charge in [0.25, 0.3) is 0 Å². The largest absolute Gasteiger partial charge is 0.481 e. The van der Waals surface area contributed by atoms with E-state index in [2.05, 4.69) is 10.5 Å². The number of carboxylic acids is 1. The maximum absolute atomic E-state index is 11.9. The lowest BCUT2D eigenvalue weighted by Gasteiger charge is -2.22. The smallest absolute Gasteiger partial charge is 0.305 e. The predicted molar refractivity (Wildman–Crippen MR) is 73.2 cm³/mol. The summed E-state index contributed by atoms with van der Waals surface area (Å²) in [6.07, 6.45) is 1.53. The van der Waals surface area contributed by atoms with Crippen LogP contribution in [0.5, 0.6) is 0 Å². The molecule has 0 radical (unpaired) electrons. The molecule has 6 nitrogen and oxygen atoms in total. The average molecular weight is 282 g/mol. The van der Waals surface area contributed by atoms with Crippen LogP contribution in [0.1, 0.15) is 44.6 Å². The van der Waals surface area contributed by atoms with E-state index < -0.39 is 5.97 Å². The lowest BCUT2D eigenvalue weighted by Crippen LogP contribution is -2.40. The van der Waals surface area contributed by atoms with Gasteiger partial charge >= 0.3 is 5.97 Å². The lowest BCUT2D eigenvalue weighted by atomic mass is 9.96. The van der Waals surface area contributed by atoms with Crippen LogP contribution in [0.15, 0.2) is 10.6 Å². The molecule has 112 valence electrons. The van der Waals surface area contributed by atoms with Gasteiger partial charge in [-0.2, -0.15) is 0 Å². The molecule has 20 heavy (non-hydrogen) atoms. The third-order valence-corrected chi connectivity index (χ3v) is 3.36. The average Bonchev–Trinajstić information content (AvgIpc) is 2.80. The van der Waals surface area contributed by atoms with Crippen molar-refractivity contribution in [3.8, 4) is 0 Å². The van der Waals surface area contributed by atoms with Crippen LogP contribution in [0.2, 0.25) is 0 Å². The van der Waals surface area contributed by atoms with E-state index in [9.17, 15) is 9.59 Å². The van der Waals surface area contributed by atoms with Gasteiger partial charge in [0.2, 0.25) is 5.91 Å². The molecular formula is C14H22N2O4. The zero-order valence-electron chi connectivity index (χ0n) is 12.2. The monoisotopic (exact) mass is 282 g/mol. The Morgan fingerprint density at radius 1 is 1.50 bits per heavy atom. The summed E-state index contributed by atoms with van der Waals surface area (Å²) in [5.41, 5.74) is 0.732. The first-order chi connectivity index (χ1) is 9.42. The van der Waals surface area contributed by atoms with Gasteiger partial charge in [0.05, 0.1) is 12.1 Å². The molecule has 0 unspecified atom stereocenters. The van der Waals surface area contributed by atoms with Crippen LogP contribution in [0.25, 0.3) is 0 Å². The molecule has 0 spiro atoms. The van der Waals surface area contributed by atoms with E-state index in [1.165, 1.54) is 0 Å². The molecule has 2 N–H and O–H groups in total. The van der Waals surface area contributed by atoms with E-state index in [1.54, 1.807) is 13.0 Å². The number of hydrogen-bond donors (Lipinski definition) is 2. The molecule has 1 heterocycles. The Labute approximate surface area is 118 Å². The molecule has 6 heteroatoms. The molecule has 1 rings (SSSR count). The van der Waals surface area contributed by atoms with Gasteiger partial charge in [0.15, 0.2) is 0 Å². The van der Waals surface area contributed by atoms with Gasteiger partial charge < -0.3 is 14.9 Å².